The van der Waals surface area contributed by atoms with Crippen molar-refractivity contribution in [1.29, 1.82) is 0 Å². The number of carbonyl (C=O) groups is 1. The second-order valence-electron chi connectivity index (χ2n) is 8.78. The van der Waals surface area contributed by atoms with E-state index >= 15 is 0 Å². The summed E-state index contributed by atoms with van der Waals surface area (Å²) in [6.07, 6.45) is 3.53. The average Bonchev–Trinajstić information content (AvgIpc) is 3.26. The normalized spacial score (nSPS) is 13.9. The Hall–Kier alpha value is -2.83. The summed E-state index contributed by atoms with van der Waals surface area (Å²) in [5.41, 5.74) is 8.74. The van der Waals surface area contributed by atoms with E-state index in [1.165, 1.54) is 0 Å². The summed E-state index contributed by atoms with van der Waals surface area (Å²) in [5.74, 6) is 3.24. The summed E-state index contributed by atoms with van der Waals surface area (Å²) in [6, 6.07) is 5.86. The Morgan fingerprint density at radius 1 is 1.23 bits per heavy atom. The molecule has 1 fully saturated rings. The Morgan fingerprint density at radius 3 is 2.61 bits per heavy atom. The first-order chi connectivity index (χ1) is 14.8. The Bertz CT molecular complexity index is 1050. The first-order valence-electron chi connectivity index (χ1n) is 11.3. The summed E-state index contributed by atoms with van der Waals surface area (Å²) in [6.45, 7) is 10.6. The van der Waals surface area contributed by atoms with Crippen molar-refractivity contribution in [1.82, 2.24) is 19.4 Å². The van der Waals surface area contributed by atoms with Gasteiger partial charge in [-0.25, -0.2) is 9.97 Å². The fourth-order valence-electron chi connectivity index (χ4n) is 3.77. The lowest BCUT2D eigenvalue weighted by molar-refractivity contribution is -0.128. The lowest BCUT2D eigenvalue weighted by Crippen LogP contribution is -2.29. The Morgan fingerprint density at radius 2 is 1.97 bits per heavy atom. The van der Waals surface area contributed by atoms with Crippen LogP contribution in [0.4, 0.5) is 5.82 Å². The number of nitrogens with two attached hydrogens (primary N) is 1. The number of imidazole rings is 1. The first kappa shape index (κ1) is 22.8. The van der Waals surface area contributed by atoms with Crippen LogP contribution < -0.4 is 10.5 Å². The molecule has 0 saturated carbocycles. The number of aryl methyl sites for hydroxylation is 2. The third-order valence-corrected chi connectivity index (χ3v) is 5.17. The van der Waals surface area contributed by atoms with Crippen LogP contribution in [0.15, 0.2) is 18.2 Å². The number of fused-ring (bicyclic) bond motifs is 3. The van der Waals surface area contributed by atoms with Crippen LogP contribution in [-0.4, -0.2) is 45.0 Å². The maximum atomic E-state index is 11.7. The van der Waals surface area contributed by atoms with E-state index in [9.17, 15) is 4.79 Å². The first-order valence-corrected chi connectivity index (χ1v) is 11.3. The molecule has 7 heteroatoms. The number of benzene rings is 1. The summed E-state index contributed by atoms with van der Waals surface area (Å²) >= 11 is 0. The molecular formula is C24H35N5O2. The number of anilines is 1. The number of hydrogen-bond donors (Lipinski definition) is 1. The van der Waals surface area contributed by atoms with Crippen LogP contribution in [-0.2, 0) is 18.3 Å². The largest absolute Gasteiger partial charge is 0.492 e. The molecule has 4 rings (SSSR count). The van der Waals surface area contributed by atoms with Gasteiger partial charge >= 0.3 is 0 Å². The highest BCUT2D eigenvalue weighted by atomic mass is 16.5. The maximum Gasteiger partial charge on any atom is 0.222 e. The predicted molar refractivity (Wildman–Crippen MR) is 126 cm³/mol. The molecule has 168 valence electrons. The molecule has 0 radical (unpaired) electrons. The minimum absolute atomic E-state index is 0.216. The van der Waals surface area contributed by atoms with Gasteiger partial charge in [0, 0.05) is 37.9 Å². The minimum atomic E-state index is 0.216. The monoisotopic (exact) mass is 425 g/mol. The van der Waals surface area contributed by atoms with Crippen LogP contribution in [0.3, 0.4) is 0 Å². The lowest BCUT2D eigenvalue weighted by Gasteiger charge is -2.16. The zero-order valence-electron chi connectivity index (χ0n) is 19.4. The SMILES string of the molecule is CC(C)C.CCCc1nc2c(N)nc3cc(OCCN4CCCC4=O)ccc3c2n1C. The van der Waals surface area contributed by atoms with Crippen LogP contribution in [0.1, 0.15) is 52.8 Å². The van der Waals surface area contributed by atoms with Crippen LogP contribution in [0.5, 0.6) is 5.75 Å². The van der Waals surface area contributed by atoms with Gasteiger partial charge in [0.05, 0.1) is 17.6 Å². The van der Waals surface area contributed by atoms with Gasteiger partial charge in [-0.2, -0.15) is 0 Å². The van der Waals surface area contributed by atoms with Crippen LogP contribution in [0.2, 0.25) is 0 Å². The van der Waals surface area contributed by atoms with Gasteiger partial charge in [0.2, 0.25) is 5.91 Å². The van der Waals surface area contributed by atoms with Gasteiger partial charge < -0.3 is 19.9 Å². The van der Waals surface area contributed by atoms with E-state index < -0.39 is 0 Å². The number of hydrogen-bond acceptors (Lipinski definition) is 5. The van der Waals surface area contributed by atoms with E-state index in [4.69, 9.17) is 10.5 Å². The van der Waals surface area contributed by atoms with Gasteiger partial charge in [-0.3, -0.25) is 4.79 Å². The molecule has 0 atom stereocenters. The fourth-order valence-corrected chi connectivity index (χ4v) is 3.77. The number of carbonyl (C=O) groups excluding carboxylic acids is 1. The number of amides is 1. The zero-order valence-corrected chi connectivity index (χ0v) is 19.4. The van der Waals surface area contributed by atoms with Gasteiger partial charge in [0.15, 0.2) is 5.82 Å². The molecule has 0 bridgehead atoms. The van der Waals surface area contributed by atoms with Gasteiger partial charge in [-0.1, -0.05) is 27.7 Å². The highest BCUT2D eigenvalue weighted by Crippen LogP contribution is 2.30. The van der Waals surface area contributed by atoms with Crippen molar-refractivity contribution in [3.63, 3.8) is 0 Å². The highest BCUT2D eigenvalue weighted by molar-refractivity contribution is 6.06. The number of ether oxygens (including phenoxy) is 1. The van der Waals surface area contributed by atoms with Crippen molar-refractivity contribution in [2.75, 3.05) is 25.4 Å². The summed E-state index contributed by atoms with van der Waals surface area (Å²) in [4.78, 5) is 22.7. The second kappa shape index (κ2) is 9.98. The highest BCUT2D eigenvalue weighted by Gasteiger charge is 2.19. The third-order valence-electron chi connectivity index (χ3n) is 5.17. The van der Waals surface area contributed by atoms with Crippen LogP contribution >= 0.6 is 0 Å². The minimum Gasteiger partial charge on any atom is -0.492 e. The van der Waals surface area contributed by atoms with Gasteiger partial charge in [-0.05, 0) is 30.9 Å². The Balaban J connectivity index is 0.000000628. The molecule has 1 amide bonds. The molecule has 2 aromatic heterocycles. The fraction of sp³-hybridized carbons (Fsp3) is 0.542. The number of aromatic nitrogens is 3. The lowest BCUT2D eigenvalue weighted by atomic mass is 10.1. The van der Waals surface area contributed by atoms with Crippen LogP contribution in [0.25, 0.3) is 21.9 Å². The van der Waals surface area contributed by atoms with E-state index in [0.29, 0.717) is 25.4 Å². The number of rotatable bonds is 6. The molecule has 1 aromatic carbocycles. The van der Waals surface area contributed by atoms with Gasteiger partial charge in [0.1, 0.15) is 23.7 Å². The summed E-state index contributed by atoms with van der Waals surface area (Å²) < 4.78 is 7.96. The molecule has 3 aromatic rings. The molecule has 2 N–H and O–H groups in total. The predicted octanol–water partition coefficient (Wildman–Crippen LogP) is 4.32. The number of likely N-dealkylation sites (tertiary alicyclic amines) is 1. The Kier molecular flexibility index (Phi) is 7.36. The van der Waals surface area contributed by atoms with E-state index in [1.54, 1.807) is 0 Å². The smallest absolute Gasteiger partial charge is 0.222 e. The van der Waals surface area contributed by atoms with Crippen LogP contribution in [0, 0.1) is 5.92 Å². The molecule has 1 aliphatic heterocycles. The third kappa shape index (κ3) is 5.27. The van der Waals surface area contributed by atoms with E-state index in [0.717, 1.165) is 65.2 Å². The van der Waals surface area contributed by atoms with Crippen molar-refractivity contribution in [2.24, 2.45) is 13.0 Å². The summed E-state index contributed by atoms with van der Waals surface area (Å²) in [7, 11) is 2.02. The van der Waals surface area contributed by atoms with Crippen molar-refractivity contribution in [3.8, 4) is 5.75 Å². The quantitative estimate of drug-likeness (QED) is 0.636. The molecule has 31 heavy (non-hydrogen) atoms. The number of pyridine rings is 1. The molecule has 1 aliphatic rings. The van der Waals surface area contributed by atoms with Crippen molar-refractivity contribution in [2.45, 2.75) is 53.4 Å². The average molecular weight is 426 g/mol. The second-order valence-corrected chi connectivity index (χ2v) is 8.78. The molecule has 1 saturated heterocycles. The molecular weight excluding hydrogens is 390 g/mol. The standard InChI is InChI=1S/C20H25N5O2.C4H10/c1-3-5-16-23-18-19(24(16)2)14-8-7-13(12-15(14)22-20(18)21)27-11-10-25-9-4-6-17(25)26;1-4(2)3/h7-8,12H,3-6,9-11H2,1-2H3,(H2,21,22);4H,1-3H3. The van der Waals surface area contributed by atoms with Crippen molar-refractivity contribution < 1.29 is 9.53 Å². The molecule has 3 heterocycles. The topological polar surface area (TPSA) is 86.3 Å². The number of nitrogens with zero attached hydrogens (tertiary/aromatic N) is 4. The molecule has 7 nitrogen and oxygen atoms in total. The van der Waals surface area contributed by atoms with Crippen molar-refractivity contribution >= 4 is 33.7 Å². The molecule has 0 spiro atoms. The Labute approximate surface area is 184 Å². The summed E-state index contributed by atoms with van der Waals surface area (Å²) in [5, 5.41) is 1.01. The van der Waals surface area contributed by atoms with E-state index in [-0.39, 0.29) is 5.91 Å². The van der Waals surface area contributed by atoms with Gasteiger partial charge in [-0.15, -0.1) is 0 Å². The zero-order chi connectivity index (χ0) is 22.5. The number of nitrogen functional groups attached to an aromatic ring is 1. The van der Waals surface area contributed by atoms with E-state index in [2.05, 4.69) is 42.2 Å². The van der Waals surface area contributed by atoms with E-state index in [1.807, 2.05) is 30.1 Å². The molecule has 0 aliphatic carbocycles. The maximum absolute atomic E-state index is 11.7. The van der Waals surface area contributed by atoms with Gasteiger partial charge in [0.25, 0.3) is 0 Å². The van der Waals surface area contributed by atoms with Crippen molar-refractivity contribution in [3.05, 3.63) is 24.0 Å². The molecule has 0 unspecified atom stereocenters.